The molecule has 0 aliphatic carbocycles. The van der Waals surface area contributed by atoms with Crippen LogP contribution in [-0.4, -0.2) is 53.7 Å². The second kappa shape index (κ2) is 10.5. The summed E-state index contributed by atoms with van der Waals surface area (Å²) in [5.41, 5.74) is 3.22. The number of nitrogens with one attached hydrogen (secondary N) is 2. The molecular formula is C15H29IN6O. The minimum atomic E-state index is 0. The molecule has 1 aromatic heterocycles. The summed E-state index contributed by atoms with van der Waals surface area (Å²) in [6.07, 6.45) is 0.993. The van der Waals surface area contributed by atoms with Crippen LogP contribution in [0.1, 0.15) is 30.3 Å². The van der Waals surface area contributed by atoms with E-state index in [4.69, 9.17) is 0 Å². The van der Waals surface area contributed by atoms with E-state index in [1.54, 1.807) is 19.0 Å². The third kappa shape index (κ3) is 6.76. The molecule has 0 unspecified atom stereocenters. The van der Waals surface area contributed by atoms with E-state index in [1.165, 1.54) is 0 Å². The lowest BCUT2D eigenvalue weighted by molar-refractivity contribution is -0.127. The van der Waals surface area contributed by atoms with Crippen LogP contribution in [0.5, 0.6) is 0 Å². The highest BCUT2D eigenvalue weighted by molar-refractivity contribution is 14.0. The van der Waals surface area contributed by atoms with Gasteiger partial charge in [-0.15, -0.1) is 24.0 Å². The first kappa shape index (κ1) is 21.7. The smallest absolute Gasteiger partial charge is 0.241 e. The minimum absolute atomic E-state index is 0. The Labute approximate surface area is 155 Å². The lowest BCUT2D eigenvalue weighted by Gasteiger charge is -2.14. The zero-order chi connectivity index (χ0) is 16.7. The number of rotatable bonds is 6. The Morgan fingerprint density at radius 3 is 2.43 bits per heavy atom. The fourth-order valence-corrected chi connectivity index (χ4v) is 1.94. The number of aliphatic imine (C=N–C) groups is 1. The van der Waals surface area contributed by atoms with E-state index in [0.29, 0.717) is 12.5 Å². The molecule has 0 aliphatic rings. The maximum Gasteiger partial charge on any atom is 0.241 e. The predicted molar refractivity (Wildman–Crippen MR) is 104 cm³/mol. The van der Waals surface area contributed by atoms with Crippen LogP contribution in [0.25, 0.3) is 0 Å². The fourth-order valence-electron chi connectivity index (χ4n) is 1.94. The van der Waals surface area contributed by atoms with E-state index in [0.717, 1.165) is 29.9 Å². The first-order chi connectivity index (χ1) is 10.4. The molecule has 2 N–H and O–H groups in total. The van der Waals surface area contributed by atoms with Crippen LogP contribution in [-0.2, 0) is 18.4 Å². The van der Waals surface area contributed by atoms with E-state index < -0.39 is 0 Å². The largest absolute Gasteiger partial charge is 0.356 e. The molecule has 0 saturated heterocycles. The number of hydrogen-bond donors (Lipinski definition) is 2. The molecule has 0 radical (unpaired) electrons. The summed E-state index contributed by atoms with van der Waals surface area (Å²) in [4.78, 5) is 17.8. The van der Waals surface area contributed by atoms with Gasteiger partial charge in [0.25, 0.3) is 0 Å². The molecule has 1 aromatic rings. The zero-order valence-corrected chi connectivity index (χ0v) is 17.3. The number of halogens is 1. The van der Waals surface area contributed by atoms with Gasteiger partial charge in [-0.3, -0.25) is 9.48 Å². The summed E-state index contributed by atoms with van der Waals surface area (Å²) in [5.74, 6) is 0.666. The quantitative estimate of drug-likeness (QED) is 0.399. The summed E-state index contributed by atoms with van der Waals surface area (Å²) in [5, 5.41) is 10.7. The SMILES string of the molecule is CCCNC(=NCc1c(C)nn(C)c1C)NCC(=O)N(C)C.I. The molecule has 0 fully saturated rings. The third-order valence-corrected chi connectivity index (χ3v) is 3.50. The number of aromatic nitrogens is 2. The summed E-state index contributed by atoms with van der Waals surface area (Å²) in [6.45, 7) is 7.69. The molecule has 1 heterocycles. The Balaban J connectivity index is 0.00000484. The second-order valence-electron chi connectivity index (χ2n) is 5.51. The highest BCUT2D eigenvalue weighted by Crippen LogP contribution is 2.12. The number of hydrogen-bond acceptors (Lipinski definition) is 3. The van der Waals surface area contributed by atoms with Gasteiger partial charge in [0, 0.05) is 38.9 Å². The average molecular weight is 436 g/mol. The van der Waals surface area contributed by atoms with E-state index in [2.05, 4.69) is 27.6 Å². The Bertz CT molecular complexity index is 538. The summed E-state index contributed by atoms with van der Waals surface area (Å²) in [7, 11) is 5.41. The van der Waals surface area contributed by atoms with Crippen LogP contribution in [0.4, 0.5) is 0 Å². The van der Waals surface area contributed by atoms with Crippen LogP contribution in [0.3, 0.4) is 0 Å². The number of amides is 1. The van der Waals surface area contributed by atoms with E-state index in [9.17, 15) is 4.79 Å². The Hall–Kier alpha value is -1.32. The molecule has 7 nitrogen and oxygen atoms in total. The van der Waals surface area contributed by atoms with Gasteiger partial charge in [0.05, 0.1) is 18.8 Å². The monoisotopic (exact) mass is 436 g/mol. The highest BCUT2D eigenvalue weighted by atomic mass is 127. The summed E-state index contributed by atoms with van der Waals surface area (Å²) >= 11 is 0. The van der Waals surface area contributed by atoms with Gasteiger partial charge < -0.3 is 15.5 Å². The average Bonchev–Trinajstić information content (AvgIpc) is 2.71. The number of likely N-dealkylation sites (N-methyl/N-ethyl adjacent to an activating group) is 1. The van der Waals surface area contributed by atoms with Gasteiger partial charge in [0.2, 0.25) is 5.91 Å². The molecule has 0 aliphatic heterocycles. The molecule has 0 atom stereocenters. The number of aryl methyl sites for hydroxylation is 2. The van der Waals surface area contributed by atoms with Crippen LogP contribution in [0, 0.1) is 13.8 Å². The molecule has 0 spiro atoms. The van der Waals surface area contributed by atoms with Crippen molar-refractivity contribution >= 4 is 35.8 Å². The van der Waals surface area contributed by atoms with Gasteiger partial charge >= 0.3 is 0 Å². The standard InChI is InChI=1S/C15H28N6O.HI/c1-7-8-16-15(18-10-14(22)20(4)5)17-9-13-11(2)19-21(6)12(13)3;/h7-10H2,1-6H3,(H2,16,17,18);1H. The van der Waals surface area contributed by atoms with Crippen molar-refractivity contribution in [3.8, 4) is 0 Å². The molecule has 0 bridgehead atoms. The number of guanidine groups is 1. The molecule has 1 amide bonds. The van der Waals surface area contributed by atoms with Crippen LogP contribution in [0.2, 0.25) is 0 Å². The summed E-state index contributed by atoms with van der Waals surface area (Å²) in [6, 6.07) is 0. The first-order valence-corrected chi connectivity index (χ1v) is 7.58. The van der Waals surface area contributed by atoms with E-state index >= 15 is 0 Å². The van der Waals surface area contributed by atoms with Crippen LogP contribution in [0.15, 0.2) is 4.99 Å². The lowest BCUT2D eigenvalue weighted by Crippen LogP contribution is -2.43. The maximum atomic E-state index is 11.7. The minimum Gasteiger partial charge on any atom is -0.356 e. The first-order valence-electron chi connectivity index (χ1n) is 7.58. The van der Waals surface area contributed by atoms with Crippen molar-refractivity contribution in [3.63, 3.8) is 0 Å². The topological polar surface area (TPSA) is 74.5 Å². The second-order valence-corrected chi connectivity index (χ2v) is 5.51. The van der Waals surface area contributed by atoms with Crippen molar-refractivity contribution in [3.05, 3.63) is 17.0 Å². The number of carbonyl (C=O) groups is 1. The van der Waals surface area contributed by atoms with E-state index in [1.807, 2.05) is 25.6 Å². The van der Waals surface area contributed by atoms with E-state index in [-0.39, 0.29) is 36.4 Å². The van der Waals surface area contributed by atoms with Gasteiger partial charge in [0.15, 0.2) is 5.96 Å². The molecule has 0 aromatic carbocycles. The van der Waals surface area contributed by atoms with Crippen LogP contribution < -0.4 is 10.6 Å². The van der Waals surface area contributed by atoms with Crippen molar-refractivity contribution in [2.75, 3.05) is 27.2 Å². The maximum absolute atomic E-state index is 11.7. The zero-order valence-electron chi connectivity index (χ0n) is 14.9. The number of nitrogens with zero attached hydrogens (tertiary/aromatic N) is 4. The molecular weight excluding hydrogens is 407 g/mol. The molecule has 8 heteroatoms. The molecule has 23 heavy (non-hydrogen) atoms. The predicted octanol–water partition coefficient (Wildman–Crippen LogP) is 1.19. The number of carbonyl (C=O) groups excluding carboxylic acids is 1. The van der Waals surface area contributed by atoms with Crippen LogP contribution >= 0.6 is 24.0 Å². The third-order valence-electron chi connectivity index (χ3n) is 3.50. The normalized spacial score (nSPS) is 11.0. The van der Waals surface area contributed by atoms with Crippen molar-refractivity contribution in [1.29, 1.82) is 0 Å². The molecule has 1 rings (SSSR count). The van der Waals surface area contributed by atoms with Crippen molar-refractivity contribution in [1.82, 2.24) is 25.3 Å². The Morgan fingerprint density at radius 2 is 1.96 bits per heavy atom. The van der Waals surface area contributed by atoms with Crippen molar-refractivity contribution in [2.24, 2.45) is 12.0 Å². The Morgan fingerprint density at radius 1 is 1.30 bits per heavy atom. The molecule has 0 saturated carbocycles. The van der Waals surface area contributed by atoms with Gasteiger partial charge in [-0.2, -0.15) is 5.10 Å². The lowest BCUT2D eigenvalue weighted by atomic mass is 10.2. The van der Waals surface area contributed by atoms with Gasteiger partial charge in [-0.25, -0.2) is 4.99 Å². The van der Waals surface area contributed by atoms with Crippen molar-refractivity contribution in [2.45, 2.75) is 33.7 Å². The van der Waals surface area contributed by atoms with Crippen molar-refractivity contribution < 1.29 is 4.79 Å². The molecule has 132 valence electrons. The van der Waals surface area contributed by atoms with Gasteiger partial charge in [0.1, 0.15) is 0 Å². The highest BCUT2D eigenvalue weighted by Gasteiger charge is 2.10. The Kier molecular flexibility index (Phi) is 9.85. The fraction of sp³-hybridized carbons (Fsp3) is 0.667. The van der Waals surface area contributed by atoms with Gasteiger partial charge in [-0.05, 0) is 20.3 Å². The van der Waals surface area contributed by atoms with Gasteiger partial charge in [-0.1, -0.05) is 6.92 Å². The summed E-state index contributed by atoms with van der Waals surface area (Å²) < 4.78 is 1.86.